The Hall–Kier alpha value is -2.03. The third-order valence-electron chi connectivity index (χ3n) is 2.74. The summed E-state index contributed by atoms with van der Waals surface area (Å²) in [5.74, 6) is -0.688. The lowest BCUT2D eigenvalue weighted by atomic mass is 10.2. The Morgan fingerprint density at radius 2 is 2.10 bits per heavy atom. The molecule has 0 aliphatic carbocycles. The predicted octanol–water partition coefficient (Wildman–Crippen LogP) is 3.33. The monoisotopic (exact) mass is 362 g/mol. The smallest absolute Gasteiger partial charge is 0.395 e. The highest BCUT2D eigenvalue weighted by Crippen LogP contribution is 2.36. The van der Waals surface area contributed by atoms with Crippen molar-refractivity contribution in [3.8, 4) is 0 Å². The first-order chi connectivity index (χ1) is 9.70. The van der Waals surface area contributed by atoms with Gasteiger partial charge in [-0.25, -0.2) is 0 Å². The van der Waals surface area contributed by atoms with Gasteiger partial charge in [0.1, 0.15) is 0 Å². The van der Waals surface area contributed by atoms with Gasteiger partial charge in [-0.3, -0.25) is 9.89 Å². The minimum atomic E-state index is -4.53. The Morgan fingerprint density at radius 1 is 1.43 bits per heavy atom. The molecule has 5 nitrogen and oxygen atoms in total. The molecule has 9 heteroatoms. The van der Waals surface area contributed by atoms with Crippen molar-refractivity contribution in [2.24, 2.45) is 0 Å². The summed E-state index contributed by atoms with van der Waals surface area (Å²) in [6, 6.07) is 3.38. The second-order valence-electron chi connectivity index (χ2n) is 4.26. The van der Waals surface area contributed by atoms with E-state index in [2.05, 4.69) is 31.4 Å². The number of hydrogen-bond donors (Lipinski definition) is 3. The van der Waals surface area contributed by atoms with Gasteiger partial charge in [0, 0.05) is 10.2 Å². The Kier molecular flexibility index (Phi) is 3.95. The molecule has 1 aromatic heterocycles. The lowest BCUT2D eigenvalue weighted by Crippen LogP contribution is -2.15. The zero-order valence-corrected chi connectivity index (χ0v) is 12.3. The molecule has 1 aromatic carbocycles. The van der Waals surface area contributed by atoms with Gasteiger partial charge in [-0.1, -0.05) is 15.9 Å². The molecule has 1 amide bonds. The highest BCUT2D eigenvalue weighted by molar-refractivity contribution is 9.10. The highest BCUT2D eigenvalue weighted by atomic mass is 79.9. The number of nitrogen functional groups attached to an aromatic ring is 1. The molecule has 0 aliphatic rings. The molecule has 1 heterocycles. The SMILES string of the molecule is Cc1[nH]nc(C(=O)Nc2ccc(Br)c(C(F)(F)F)c2)c1N. The van der Waals surface area contributed by atoms with Crippen molar-refractivity contribution in [1.82, 2.24) is 10.2 Å². The van der Waals surface area contributed by atoms with E-state index >= 15 is 0 Å². The summed E-state index contributed by atoms with van der Waals surface area (Å²) < 4.78 is 38.2. The van der Waals surface area contributed by atoms with E-state index in [1.165, 1.54) is 12.1 Å². The third-order valence-corrected chi connectivity index (χ3v) is 3.43. The van der Waals surface area contributed by atoms with Crippen LogP contribution in [-0.2, 0) is 6.18 Å². The van der Waals surface area contributed by atoms with Crippen LogP contribution in [0, 0.1) is 6.92 Å². The minimum Gasteiger partial charge on any atom is -0.395 e. The number of nitrogens with two attached hydrogens (primary N) is 1. The number of H-pyrrole nitrogens is 1. The van der Waals surface area contributed by atoms with Gasteiger partial charge in [0.15, 0.2) is 5.69 Å². The summed E-state index contributed by atoms with van der Waals surface area (Å²) in [7, 11) is 0. The Morgan fingerprint density at radius 3 is 2.62 bits per heavy atom. The summed E-state index contributed by atoms with van der Waals surface area (Å²) in [4.78, 5) is 11.9. The number of carbonyl (C=O) groups excluding carboxylic acids is 1. The number of carbonyl (C=O) groups is 1. The third kappa shape index (κ3) is 3.18. The number of amides is 1. The van der Waals surface area contributed by atoms with Gasteiger partial charge in [0.05, 0.1) is 16.9 Å². The zero-order chi connectivity index (χ0) is 15.8. The molecule has 0 fully saturated rings. The van der Waals surface area contributed by atoms with E-state index in [0.29, 0.717) is 5.69 Å². The number of aromatic nitrogens is 2. The quantitative estimate of drug-likeness (QED) is 0.765. The largest absolute Gasteiger partial charge is 0.417 e. The number of anilines is 2. The maximum atomic E-state index is 12.8. The molecule has 0 bridgehead atoms. The molecule has 0 radical (unpaired) electrons. The standard InChI is InChI=1S/C12H10BrF3N4O/c1-5-9(17)10(20-19-5)11(21)18-6-2-3-8(13)7(4-6)12(14,15)16/h2-4H,17H2,1H3,(H,18,21)(H,19,20). The van der Waals surface area contributed by atoms with Gasteiger partial charge in [-0.05, 0) is 25.1 Å². The molecule has 21 heavy (non-hydrogen) atoms. The fourth-order valence-electron chi connectivity index (χ4n) is 1.62. The second-order valence-corrected chi connectivity index (χ2v) is 5.11. The number of aromatic amines is 1. The molecule has 0 aliphatic heterocycles. The topological polar surface area (TPSA) is 83.8 Å². The average molecular weight is 363 g/mol. The first-order valence-electron chi connectivity index (χ1n) is 5.68. The van der Waals surface area contributed by atoms with Gasteiger partial charge in [-0.2, -0.15) is 18.3 Å². The number of rotatable bonds is 2. The van der Waals surface area contributed by atoms with E-state index in [0.717, 1.165) is 6.07 Å². The lowest BCUT2D eigenvalue weighted by Gasteiger charge is -2.11. The molecule has 0 saturated carbocycles. The lowest BCUT2D eigenvalue weighted by molar-refractivity contribution is -0.138. The Balaban J connectivity index is 2.28. The number of hydrogen-bond acceptors (Lipinski definition) is 3. The van der Waals surface area contributed by atoms with Crippen molar-refractivity contribution < 1.29 is 18.0 Å². The van der Waals surface area contributed by atoms with Crippen LogP contribution < -0.4 is 11.1 Å². The molecule has 2 aromatic rings. The fourth-order valence-corrected chi connectivity index (χ4v) is 2.09. The zero-order valence-electron chi connectivity index (χ0n) is 10.7. The van der Waals surface area contributed by atoms with Crippen LogP contribution in [0.25, 0.3) is 0 Å². The molecule has 112 valence electrons. The van der Waals surface area contributed by atoms with E-state index in [9.17, 15) is 18.0 Å². The van der Waals surface area contributed by atoms with Gasteiger partial charge >= 0.3 is 6.18 Å². The fraction of sp³-hybridized carbons (Fsp3) is 0.167. The van der Waals surface area contributed by atoms with Crippen molar-refractivity contribution in [3.05, 3.63) is 39.6 Å². The van der Waals surface area contributed by atoms with Crippen LogP contribution in [0.5, 0.6) is 0 Å². The van der Waals surface area contributed by atoms with Crippen LogP contribution >= 0.6 is 15.9 Å². The van der Waals surface area contributed by atoms with Gasteiger partial charge in [0.2, 0.25) is 0 Å². The van der Waals surface area contributed by atoms with Crippen molar-refractivity contribution in [1.29, 1.82) is 0 Å². The molecule has 4 N–H and O–H groups in total. The van der Waals surface area contributed by atoms with Gasteiger partial charge < -0.3 is 11.1 Å². The van der Waals surface area contributed by atoms with Gasteiger partial charge in [-0.15, -0.1) is 0 Å². The summed E-state index contributed by atoms with van der Waals surface area (Å²) in [6.45, 7) is 1.63. The van der Waals surface area contributed by atoms with E-state index in [1.807, 2.05) is 0 Å². The van der Waals surface area contributed by atoms with Crippen LogP contribution in [0.4, 0.5) is 24.5 Å². The van der Waals surface area contributed by atoms with E-state index < -0.39 is 17.6 Å². The van der Waals surface area contributed by atoms with Crippen molar-refractivity contribution in [3.63, 3.8) is 0 Å². The van der Waals surface area contributed by atoms with E-state index in [-0.39, 0.29) is 21.5 Å². The van der Waals surface area contributed by atoms with Crippen LogP contribution in [0.2, 0.25) is 0 Å². The molecule has 0 atom stereocenters. The first-order valence-corrected chi connectivity index (χ1v) is 6.48. The van der Waals surface area contributed by atoms with Crippen LogP contribution in [0.15, 0.2) is 22.7 Å². The molecular weight excluding hydrogens is 353 g/mol. The summed E-state index contributed by atoms with van der Waals surface area (Å²) in [5.41, 5.74) is 5.35. The summed E-state index contributed by atoms with van der Waals surface area (Å²) in [6.07, 6.45) is -4.53. The van der Waals surface area contributed by atoms with Crippen LogP contribution in [0.1, 0.15) is 21.7 Å². The van der Waals surface area contributed by atoms with Crippen molar-refractivity contribution in [2.75, 3.05) is 11.1 Å². The molecule has 0 unspecified atom stereocenters. The van der Waals surface area contributed by atoms with Crippen LogP contribution in [-0.4, -0.2) is 16.1 Å². The Labute approximate surface area is 125 Å². The Bertz CT molecular complexity index is 696. The number of aryl methyl sites for hydroxylation is 1. The number of benzene rings is 1. The number of alkyl halides is 3. The minimum absolute atomic E-state index is 0.00409. The molecule has 0 spiro atoms. The second kappa shape index (κ2) is 5.40. The molecular formula is C12H10BrF3N4O. The molecule has 0 saturated heterocycles. The van der Waals surface area contributed by atoms with Crippen molar-refractivity contribution >= 4 is 33.2 Å². The maximum absolute atomic E-state index is 12.8. The normalized spacial score (nSPS) is 11.5. The highest BCUT2D eigenvalue weighted by Gasteiger charge is 2.33. The van der Waals surface area contributed by atoms with E-state index in [1.54, 1.807) is 6.92 Å². The predicted molar refractivity (Wildman–Crippen MR) is 74.8 cm³/mol. The number of nitrogens with zero attached hydrogens (tertiary/aromatic N) is 1. The van der Waals surface area contributed by atoms with E-state index in [4.69, 9.17) is 5.73 Å². The summed E-state index contributed by atoms with van der Waals surface area (Å²) >= 11 is 2.82. The summed E-state index contributed by atoms with van der Waals surface area (Å²) in [5, 5.41) is 8.56. The average Bonchev–Trinajstić information content (AvgIpc) is 2.71. The van der Waals surface area contributed by atoms with Crippen LogP contribution in [0.3, 0.4) is 0 Å². The van der Waals surface area contributed by atoms with Gasteiger partial charge in [0.25, 0.3) is 5.91 Å². The maximum Gasteiger partial charge on any atom is 0.417 e. The van der Waals surface area contributed by atoms with Crippen molar-refractivity contribution in [2.45, 2.75) is 13.1 Å². The molecule has 2 rings (SSSR count). The first kappa shape index (κ1) is 15.4. The number of nitrogens with one attached hydrogen (secondary N) is 2. The number of halogens is 4.